The Morgan fingerprint density at radius 1 is 1.19 bits per heavy atom. The van der Waals surface area contributed by atoms with Gasteiger partial charge in [0.05, 0.1) is 6.04 Å². The number of nitrogens with one attached hydrogen (secondary N) is 1. The Morgan fingerprint density at radius 3 is 1.94 bits per heavy atom. The smallest absolute Gasteiger partial charge is 0.341 e. The zero-order valence-corrected chi connectivity index (χ0v) is 8.49. The number of carbonyl (C=O) groups is 2. The standard InChI is InChI=1S/C8H10F5NO2/c1-3-5(15)4(2)14-6(16)7(9,10)8(11,12)13/h4H,3H2,1-2H3,(H,14,16). The van der Waals surface area contributed by atoms with Crippen molar-refractivity contribution in [1.29, 1.82) is 0 Å². The van der Waals surface area contributed by atoms with Crippen molar-refractivity contribution in [1.82, 2.24) is 5.32 Å². The van der Waals surface area contributed by atoms with E-state index in [0.717, 1.165) is 6.92 Å². The van der Waals surface area contributed by atoms with Crippen LogP contribution in [0.15, 0.2) is 0 Å². The molecule has 0 aliphatic carbocycles. The van der Waals surface area contributed by atoms with Crippen molar-refractivity contribution in [2.75, 3.05) is 0 Å². The lowest BCUT2D eigenvalue weighted by Gasteiger charge is -2.20. The number of carbonyl (C=O) groups excluding carboxylic acids is 2. The number of amides is 1. The van der Waals surface area contributed by atoms with Crippen LogP contribution < -0.4 is 5.32 Å². The third-order valence-electron chi connectivity index (χ3n) is 1.82. The molecule has 0 aliphatic rings. The van der Waals surface area contributed by atoms with Crippen LogP contribution in [0.1, 0.15) is 20.3 Å². The van der Waals surface area contributed by atoms with Crippen molar-refractivity contribution in [3.8, 4) is 0 Å². The third kappa shape index (κ3) is 3.14. The maximum atomic E-state index is 12.4. The molecular formula is C8H10F5NO2. The van der Waals surface area contributed by atoms with E-state index in [0.29, 0.717) is 0 Å². The number of hydrogen-bond donors (Lipinski definition) is 1. The molecule has 1 atom stereocenters. The minimum absolute atomic E-state index is 0.0704. The summed E-state index contributed by atoms with van der Waals surface area (Å²) in [5.74, 6) is -8.64. The lowest BCUT2D eigenvalue weighted by molar-refractivity contribution is -0.270. The van der Waals surface area contributed by atoms with Crippen LogP contribution >= 0.6 is 0 Å². The van der Waals surface area contributed by atoms with Gasteiger partial charge in [0, 0.05) is 6.42 Å². The summed E-state index contributed by atoms with van der Waals surface area (Å²) in [7, 11) is 0. The lowest BCUT2D eigenvalue weighted by atomic mass is 10.1. The van der Waals surface area contributed by atoms with Gasteiger partial charge in [-0.3, -0.25) is 9.59 Å². The number of Topliss-reactive ketones (excluding diaryl/α,β-unsaturated/α-hetero) is 1. The normalized spacial score (nSPS) is 14.4. The summed E-state index contributed by atoms with van der Waals surface area (Å²) in [6, 6.07) is -1.37. The predicted octanol–water partition coefficient (Wildman–Crippen LogP) is 1.67. The van der Waals surface area contributed by atoms with Gasteiger partial charge in [-0.15, -0.1) is 0 Å². The van der Waals surface area contributed by atoms with Gasteiger partial charge in [-0.2, -0.15) is 22.0 Å². The Labute approximate surface area is 88.0 Å². The van der Waals surface area contributed by atoms with Crippen LogP contribution in [0.25, 0.3) is 0 Å². The Hall–Kier alpha value is -1.21. The minimum atomic E-state index is -5.97. The quantitative estimate of drug-likeness (QED) is 0.768. The summed E-state index contributed by atoms with van der Waals surface area (Å²) in [6.07, 6.45) is -6.04. The monoisotopic (exact) mass is 247 g/mol. The number of halogens is 5. The number of alkyl halides is 5. The molecule has 0 heterocycles. The highest BCUT2D eigenvalue weighted by Gasteiger charge is 2.63. The zero-order chi connectivity index (χ0) is 13.1. The van der Waals surface area contributed by atoms with Gasteiger partial charge in [0.15, 0.2) is 5.78 Å². The van der Waals surface area contributed by atoms with Crippen LogP contribution in [-0.2, 0) is 9.59 Å². The van der Waals surface area contributed by atoms with Gasteiger partial charge in [-0.25, -0.2) is 0 Å². The SMILES string of the molecule is CCC(=O)C(C)NC(=O)C(F)(F)C(F)(F)F. The van der Waals surface area contributed by atoms with Crippen molar-refractivity contribution in [3.05, 3.63) is 0 Å². The maximum Gasteiger partial charge on any atom is 0.463 e. The molecule has 0 aliphatic heterocycles. The first-order valence-corrected chi connectivity index (χ1v) is 4.32. The van der Waals surface area contributed by atoms with Crippen molar-refractivity contribution in [2.24, 2.45) is 0 Å². The molecule has 0 rings (SSSR count). The van der Waals surface area contributed by atoms with E-state index in [2.05, 4.69) is 0 Å². The van der Waals surface area contributed by atoms with Crippen LogP contribution in [0.4, 0.5) is 22.0 Å². The molecule has 0 saturated heterocycles. The molecule has 16 heavy (non-hydrogen) atoms. The second-order valence-corrected chi connectivity index (χ2v) is 3.09. The first kappa shape index (κ1) is 14.8. The van der Waals surface area contributed by atoms with Crippen molar-refractivity contribution >= 4 is 11.7 Å². The molecule has 1 amide bonds. The van der Waals surface area contributed by atoms with Crippen LogP contribution in [0.5, 0.6) is 0 Å². The van der Waals surface area contributed by atoms with E-state index in [-0.39, 0.29) is 6.42 Å². The molecule has 0 aromatic rings. The number of ketones is 1. The molecule has 3 nitrogen and oxygen atoms in total. The fourth-order valence-electron chi connectivity index (χ4n) is 0.803. The van der Waals surface area contributed by atoms with E-state index < -0.39 is 29.8 Å². The minimum Gasteiger partial charge on any atom is -0.341 e. The van der Waals surface area contributed by atoms with E-state index >= 15 is 0 Å². The fraction of sp³-hybridized carbons (Fsp3) is 0.750. The molecule has 8 heteroatoms. The first-order valence-electron chi connectivity index (χ1n) is 4.32. The fourth-order valence-corrected chi connectivity index (χ4v) is 0.803. The van der Waals surface area contributed by atoms with E-state index in [4.69, 9.17) is 0 Å². The van der Waals surface area contributed by atoms with Crippen LogP contribution in [-0.4, -0.2) is 29.8 Å². The van der Waals surface area contributed by atoms with E-state index in [1.807, 2.05) is 0 Å². The number of rotatable bonds is 4. The van der Waals surface area contributed by atoms with Gasteiger partial charge >= 0.3 is 18.0 Å². The van der Waals surface area contributed by atoms with Crippen LogP contribution in [0.2, 0.25) is 0 Å². The van der Waals surface area contributed by atoms with Gasteiger partial charge in [-0.1, -0.05) is 6.92 Å². The molecule has 1 unspecified atom stereocenters. The third-order valence-corrected chi connectivity index (χ3v) is 1.82. The second-order valence-electron chi connectivity index (χ2n) is 3.09. The maximum absolute atomic E-state index is 12.4. The molecule has 1 N–H and O–H groups in total. The molecule has 0 spiro atoms. The Balaban J connectivity index is 4.66. The summed E-state index contributed by atoms with van der Waals surface area (Å²) < 4.78 is 60.0. The summed E-state index contributed by atoms with van der Waals surface area (Å²) in [4.78, 5) is 21.5. The molecule has 0 saturated carbocycles. The molecule has 94 valence electrons. The van der Waals surface area contributed by atoms with E-state index in [1.165, 1.54) is 12.2 Å². The summed E-state index contributed by atoms with van der Waals surface area (Å²) in [6.45, 7) is 2.43. The highest BCUT2D eigenvalue weighted by molar-refractivity contribution is 5.91. The van der Waals surface area contributed by atoms with Gasteiger partial charge in [0.1, 0.15) is 0 Å². The predicted molar refractivity (Wildman–Crippen MR) is 43.9 cm³/mol. The van der Waals surface area contributed by atoms with Gasteiger partial charge in [0.25, 0.3) is 0 Å². The summed E-state index contributed by atoms with van der Waals surface area (Å²) >= 11 is 0. The highest BCUT2D eigenvalue weighted by Crippen LogP contribution is 2.35. The molecule has 0 aromatic carbocycles. The summed E-state index contributed by atoms with van der Waals surface area (Å²) in [5, 5.41) is 1.32. The Bertz CT molecular complexity index is 287. The lowest BCUT2D eigenvalue weighted by Crippen LogP contribution is -2.53. The molecule has 0 bridgehead atoms. The second kappa shape index (κ2) is 4.75. The average molecular weight is 247 g/mol. The van der Waals surface area contributed by atoms with E-state index in [9.17, 15) is 31.5 Å². The largest absolute Gasteiger partial charge is 0.463 e. The Morgan fingerprint density at radius 2 is 1.62 bits per heavy atom. The molecule has 0 aromatic heterocycles. The summed E-state index contributed by atoms with van der Waals surface area (Å²) in [5.41, 5.74) is 0. The average Bonchev–Trinajstić information content (AvgIpc) is 2.14. The molecular weight excluding hydrogens is 237 g/mol. The highest BCUT2D eigenvalue weighted by atomic mass is 19.4. The van der Waals surface area contributed by atoms with Gasteiger partial charge in [-0.05, 0) is 6.92 Å². The van der Waals surface area contributed by atoms with Gasteiger partial charge < -0.3 is 5.32 Å². The zero-order valence-electron chi connectivity index (χ0n) is 8.49. The van der Waals surface area contributed by atoms with Gasteiger partial charge in [0.2, 0.25) is 0 Å². The topological polar surface area (TPSA) is 46.2 Å². The van der Waals surface area contributed by atoms with Crippen molar-refractivity contribution < 1.29 is 31.5 Å². The van der Waals surface area contributed by atoms with Crippen molar-refractivity contribution in [3.63, 3.8) is 0 Å². The first-order chi connectivity index (χ1) is 7.04. The molecule has 0 radical (unpaired) electrons. The van der Waals surface area contributed by atoms with E-state index in [1.54, 1.807) is 0 Å². The molecule has 0 fully saturated rings. The van der Waals surface area contributed by atoms with Crippen LogP contribution in [0.3, 0.4) is 0 Å². The number of hydrogen-bond acceptors (Lipinski definition) is 2. The Kier molecular flexibility index (Phi) is 4.39. The van der Waals surface area contributed by atoms with Crippen LogP contribution in [0, 0.1) is 0 Å². The van der Waals surface area contributed by atoms with Crippen molar-refractivity contribution in [2.45, 2.75) is 38.4 Å².